The van der Waals surface area contributed by atoms with Crippen molar-refractivity contribution < 1.29 is 19.0 Å². The van der Waals surface area contributed by atoms with Gasteiger partial charge in [-0.05, 0) is 35.6 Å². The van der Waals surface area contributed by atoms with Crippen LogP contribution in [0.5, 0.6) is 11.5 Å². The lowest BCUT2D eigenvalue weighted by atomic mass is 9.76. The highest BCUT2D eigenvalue weighted by Crippen LogP contribution is 2.35. The van der Waals surface area contributed by atoms with E-state index in [0.29, 0.717) is 19.1 Å². The lowest BCUT2D eigenvalue weighted by Gasteiger charge is -2.36. The Hall–Kier alpha value is -1.79. The second-order valence-electron chi connectivity index (χ2n) is 8.30. The summed E-state index contributed by atoms with van der Waals surface area (Å²) in [7, 11) is 3.33. The topological polar surface area (TPSA) is 51.2 Å². The van der Waals surface area contributed by atoms with Crippen molar-refractivity contribution in [2.75, 3.05) is 53.6 Å². The molecule has 2 heterocycles. The maximum Gasteiger partial charge on any atom is 0.236 e. The molecule has 1 saturated heterocycles. The molecule has 4 rings (SSSR count). The monoisotopic (exact) mass is 388 g/mol. The van der Waals surface area contributed by atoms with Gasteiger partial charge in [-0.25, -0.2) is 0 Å². The summed E-state index contributed by atoms with van der Waals surface area (Å²) in [5.74, 6) is 3.02. The van der Waals surface area contributed by atoms with Gasteiger partial charge in [-0.2, -0.15) is 0 Å². The molecule has 1 amide bonds. The standard InChI is InChI=1S/C22H32N2O4/c1-26-20-10-17-6-7-23(12-18(17)11-21(20)27-2)14-22(25)24-8-9-28-15-19(13-24)16-4-3-5-16/h10-11,16,19H,3-9,12-15H2,1-2H3. The molecule has 1 unspecified atom stereocenters. The van der Waals surface area contributed by atoms with E-state index in [9.17, 15) is 4.79 Å². The smallest absolute Gasteiger partial charge is 0.236 e. The second-order valence-corrected chi connectivity index (χ2v) is 8.30. The summed E-state index contributed by atoms with van der Waals surface area (Å²) in [5.41, 5.74) is 2.51. The lowest BCUT2D eigenvalue weighted by molar-refractivity contribution is -0.133. The Morgan fingerprint density at radius 2 is 1.86 bits per heavy atom. The van der Waals surface area contributed by atoms with Crippen molar-refractivity contribution in [2.24, 2.45) is 11.8 Å². The number of fused-ring (bicyclic) bond motifs is 1. The fourth-order valence-corrected chi connectivity index (χ4v) is 4.63. The molecule has 0 N–H and O–H groups in total. The Bertz CT molecular complexity index is 704. The third-order valence-corrected chi connectivity index (χ3v) is 6.62. The van der Waals surface area contributed by atoms with Crippen LogP contribution in [0.25, 0.3) is 0 Å². The van der Waals surface area contributed by atoms with Gasteiger partial charge in [0.25, 0.3) is 0 Å². The summed E-state index contributed by atoms with van der Waals surface area (Å²) in [5, 5.41) is 0. The van der Waals surface area contributed by atoms with Crippen molar-refractivity contribution in [3.8, 4) is 11.5 Å². The highest BCUT2D eigenvalue weighted by atomic mass is 16.5. The molecule has 1 aromatic rings. The SMILES string of the molecule is COc1cc2c(cc1OC)CN(CC(=O)N1CCOCC(C3CCC3)C1)CC2. The molecule has 0 spiro atoms. The molecule has 6 heteroatoms. The molecule has 1 aliphatic carbocycles. The van der Waals surface area contributed by atoms with Crippen molar-refractivity contribution in [1.82, 2.24) is 9.80 Å². The molecule has 154 valence electrons. The molecule has 0 aromatic heterocycles. The van der Waals surface area contributed by atoms with E-state index in [1.54, 1.807) is 14.2 Å². The predicted octanol–water partition coefficient (Wildman–Crippen LogP) is 2.34. The highest BCUT2D eigenvalue weighted by molar-refractivity contribution is 5.78. The number of carbonyl (C=O) groups excluding carboxylic acids is 1. The number of methoxy groups -OCH3 is 2. The van der Waals surface area contributed by atoms with Crippen LogP contribution in [-0.4, -0.2) is 69.3 Å². The minimum absolute atomic E-state index is 0.235. The molecule has 6 nitrogen and oxygen atoms in total. The summed E-state index contributed by atoms with van der Waals surface area (Å²) in [4.78, 5) is 17.3. The summed E-state index contributed by atoms with van der Waals surface area (Å²) >= 11 is 0. The molecule has 0 radical (unpaired) electrons. The molecule has 1 saturated carbocycles. The van der Waals surface area contributed by atoms with Crippen LogP contribution >= 0.6 is 0 Å². The molecule has 1 atom stereocenters. The van der Waals surface area contributed by atoms with E-state index in [1.807, 2.05) is 4.90 Å². The second kappa shape index (κ2) is 8.70. The number of benzene rings is 1. The van der Waals surface area contributed by atoms with Crippen molar-refractivity contribution >= 4 is 5.91 Å². The van der Waals surface area contributed by atoms with Gasteiger partial charge in [0.1, 0.15) is 0 Å². The van der Waals surface area contributed by atoms with Gasteiger partial charge in [0.2, 0.25) is 5.91 Å². The van der Waals surface area contributed by atoms with E-state index in [4.69, 9.17) is 14.2 Å². The fraction of sp³-hybridized carbons (Fsp3) is 0.682. The Labute approximate surface area is 167 Å². The van der Waals surface area contributed by atoms with E-state index < -0.39 is 0 Å². The van der Waals surface area contributed by atoms with E-state index in [1.165, 1.54) is 30.4 Å². The Morgan fingerprint density at radius 3 is 2.54 bits per heavy atom. The van der Waals surface area contributed by atoms with Crippen molar-refractivity contribution in [1.29, 1.82) is 0 Å². The first-order chi connectivity index (χ1) is 13.7. The van der Waals surface area contributed by atoms with Gasteiger partial charge in [-0.3, -0.25) is 9.69 Å². The summed E-state index contributed by atoms with van der Waals surface area (Å²) < 4.78 is 16.7. The number of nitrogens with zero attached hydrogens (tertiary/aromatic N) is 2. The van der Waals surface area contributed by atoms with Crippen LogP contribution in [0.3, 0.4) is 0 Å². The van der Waals surface area contributed by atoms with E-state index in [0.717, 1.165) is 56.6 Å². The average Bonchev–Trinajstić information content (AvgIpc) is 2.91. The molecular weight excluding hydrogens is 356 g/mol. The van der Waals surface area contributed by atoms with Crippen LogP contribution in [0.4, 0.5) is 0 Å². The maximum atomic E-state index is 13.0. The summed E-state index contributed by atoms with van der Waals surface area (Å²) in [6.07, 6.45) is 4.85. The zero-order valence-electron chi connectivity index (χ0n) is 17.1. The molecule has 28 heavy (non-hydrogen) atoms. The molecule has 2 aliphatic heterocycles. The van der Waals surface area contributed by atoms with E-state index in [-0.39, 0.29) is 5.91 Å². The van der Waals surface area contributed by atoms with Gasteiger partial charge in [0.05, 0.1) is 34.0 Å². The summed E-state index contributed by atoms with van der Waals surface area (Å²) in [6, 6.07) is 4.12. The lowest BCUT2D eigenvalue weighted by Crippen LogP contribution is -2.45. The number of carbonyl (C=O) groups is 1. The zero-order chi connectivity index (χ0) is 19.5. The largest absolute Gasteiger partial charge is 0.493 e. The third-order valence-electron chi connectivity index (χ3n) is 6.62. The first-order valence-corrected chi connectivity index (χ1v) is 10.5. The molecule has 1 aromatic carbocycles. The quantitative estimate of drug-likeness (QED) is 0.775. The van der Waals surface area contributed by atoms with Crippen LogP contribution in [0.1, 0.15) is 30.4 Å². The van der Waals surface area contributed by atoms with Crippen LogP contribution in [0.15, 0.2) is 12.1 Å². The van der Waals surface area contributed by atoms with Crippen molar-refractivity contribution in [2.45, 2.75) is 32.2 Å². The van der Waals surface area contributed by atoms with Crippen LogP contribution < -0.4 is 9.47 Å². The van der Waals surface area contributed by atoms with Crippen LogP contribution in [0, 0.1) is 11.8 Å². The zero-order valence-corrected chi connectivity index (χ0v) is 17.1. The van der Waals surface area contributed by atoms with Crippen LogP contribution in [0.2, 0.25) is 0 Å². The molecule has 3 aliphatic rings. The number of amides is 1. The van der Waals surface area contributed by atoms with Crippen molar-refractivity contribution in [3.05, 3.63) is 23.3 Å². The minimum Gasteiger partial charge on any atom is -0.493 e. The normalized spacial score (nSPS) is 23.5. The predicted molar refractivity (Wildman–Crippen MR) is 107 cm³/mol. The van der Waals surface area contributed by atoms with Gasteiger partial charge < -0.3 is 19.1 Å². The Kier molecular flexibility index (Phi) is 6.07. The summed E-state index contributed by atoms with van der Waals surface area (Å²) in [6.45, 7) is 5.20. The Balaban J connectivity index is 1.38. The number of rotatable bonds is 5. The average molecular weight is 389 g/mol. The van der Waals surface area contributed by atoms with Crippen molar-refractivity contribution in [3.63, 3.8) is 0 Å². The molecule has 2 fully saturated rings. The maximum absolute atomic E-state index is 13.0. The number of hydrogen-bond donors (Lipinski definition) is 0. The first kappa shape index (κ1) is 19.5. The highest BCUT2D eigenvalue weighted by Gasteiger charge is 2.32. The molecule has 0 bridgehead atoms. The van der Waals surface area contributed by atoms with E-state index in [2.05, 4.69) is 17.0 Å². The number of ether oxygens (including phenoxy) is 3. The van der Waals surface area contributed by atoms with Crippen LogP contribution in [-0.2, 0) is 22.5 Å². The first-order valence-electron chi connectivity index (χ1n) is 10.5. The fourth-order valence-electron chi connectivity index (χ4n) is 4.63. The van der Waals surface area contributed by atoms with Gasteiger partial charge in [-0.15, -0.1) is 0 Å². The minimum atomic E-state index is 0.235. The van der Waals surface area contributed by atoms with Gasteiger partial charge in [0, 0.05) is 32.1 Å². The van der Waals surface area contributed by atoms with E-state index >= 15 is 0 Å². The van der Waals surface area contributed by atoms with Gasteiger partial charge in [0.15, 0.2) is 11.5 Å². The molecular formula is C22H32N2O4. The third kappa shape index (κ3) is 4.13. The van der Waals surface area contributed by atoms with Gasteiger partial charge >= 0.3 is 0 Å². The number of hydrogen-bond acceptors (Lipinski definition) is 5. The Morgan fingerprint density at radius 1 is 1.11 bits per heavy atom. The van der Waals surface area contributed by atoms with Gasteiger partial charge in [-0.1, -0.05) is 19.3 Å².